The molecule has 0 spiro atoms. The molecular formula is C7H16BNO6Si. The van der Waals surface area contributed by atoms with Gasteiger partial charge in [-0.25, -0.2) is 4.79 Å². The average Bonchev–Trinajstić information content (AvgIpc) is 2.18. The van der Waals surface area contributed by atoms with E-state index in [0.717, 1.165) is 0 Å². The topological polar surface area (TPSA) is 86.6 Å². The minimum Gasteiger partial charge on any atom is -0.407 e. The fourth-order valence-electron chi connectivity index (χ4n) is 0.958. The molecule has 0 fully saturated rings. The van der Waals surface area contributed by atoms with Crippen LogP contribution in [0.4, 0.5) is 0 Å². The summed E-state index contributed by atoms with van der Waals surface area (Å²) in [5, 5.41) is 9.21. The monoisotopic (exact) mass is 249 g/mol. The Bertz CT molecular complexity index is 220. The van der Waals surface area contributed by atoms with Crippen molar-refractivity contribution < 1.29 is 27.4 Å². The number of isocyanates is 1. The van der Waals surface area contributed by atoms with E-state index in [1.165, 1.54) is 6.08 Å². The normalized spacial score (nSPS) is 11.0. The van der Waals surface area contributed by atoms with Crippen molar-refractivity contribution in [3.63, 3.8) is 0 Å². The second-order valence-electron chi connectivity index (χ2n) is 2.46. The molecule has 0 aromatic heterocycles. The van der Waals surface area contributed by atoms with Crippen molar-refractivity contribution in [3.8, 4) is 0 Å². The highest BCUT2D eigenvalue weighted by molar-refractivity contribution is 6.63. The van der Waals surface area contributed by atoms with Crippen LogP contribution >= 0.6 is 0 Å². The van der Waals surface area contributed by atoms with E-state index in [1.807, 2.05) is 0 Å². The summed E-state index contributed by atoms with van der Waals surface area (Å²) < 4.78 is 20.7. The summed E-state index contributed by atoms with van der Waals surface area (Å²) in [6.45, 7) is 6.09. The lowest BCUT2D eigenvalue weighted by molar-refractivity contribution is 0.00395. The largest absolute Gasteiger partial charge is 0.667 e. The van der Waals surface area contributed by atoms with Gasteiger partial charge in [0.05, 0.1) is 0 Å². The van der Waals surface area contributed by atoms with Crippen LogP contribution in [0.25, 0.3) is 0 Å². The summed E-state index contributed by atoms with van der Waals surface area (Å²) in [4.78, 5) is 12.9. The SMILES string of the molecule is CCO[Si](OCC)(OCC)OB(O)N=C=O. The van der Waals surface area contributed by atoms with Crippen LogP contribution in [0, 0.1) is 0 Å². The van der Waals surface area contributed by atoms with Crippen molar-refractivity contribution in [1.29, 1.82) is 0 Å². The summed E-state index contributed by atoms with van der Waals surface area (Å²) >= 11 is 0. The van der Waals surface area contributed by atoms with Gasteiger partial charge in [-0.05, 0) is 20.8 Å². The average molecular weight is 249 g/mol. The van der Waals surface area contributed by atoms with Crippen LogP contribution in [-0.2, 0) is 22.4 Å². The van der Waals surface area contributed by atoms with Crippen LogP contribution in [0.2, 0.25) is 0 Å². The molecule has 0 aromatic carbocycles. The van der Waals surface area contributed by atoms with Crippen LogP contribution in [0.3, 0.4) is 0 Å². The summed E-state index contributed by atoms with van der Waals surface area (Å²) in [5.41, 5.74) is 0. The number of nitrogens with zero attached hydrogens (tertiary/aromatic N) is 1. The number of hydrogen-bond acceptors (Lipinski definition) is 7. The molecule has 0 saturated heterocycles. The lowest BCUT2D eigenvalue weighted by atomic mass is 10.2. The van der Waals surface area contributed by atoms with E-state index < -0.39 is 16.3 Å². The van der Waals surface area contributed by atoms with Gasteiger partial charge in [0, 0.05) is 19.8 Å². The van der Waals surface area contributed by atoms with E-state index in [0.29, 0.717) is 19.8 Å². The zero-order chi connectivity index (χ0) is 12.4. The molecule has 0 aliphatic heterocycles. The van der Waals surface area contributed by atoms with Crippen LogP contribution in [0.1, 0.15) is 20.8 Å². The predicted molar refractivity (Wildman–Crippen MR) is 57.8 cm³/mol. The Labute approximate surface area is 96.0 Å². The second-order valence-corrected chi connectivity index (χ2v) is 4.57. The first kappa shape index (κ1) is 15.5. The molecule has 9 heteroatoms. The zero-order valence-corrected chi connectivity index (χ0v) is 10.6. The Morgan fingerprint density at radius 1 is 1.19 bits per heavy atom. The summed E-state index contributed by atoms with van der Waals surface area (Å²) in [6, 6.07) is 0. The Kier molecular flexibility index (Phi) is 8.31. The van der Waals surface area contributed by atoms with Crippen molar-refractivity contribution in [1.82, 2.24) is 0 Å². The molecule has 0 saturated carbocycles. The minimum atomic E-state index is -3.42. The molecule has 0 radical (unpaired) electrons. The van der Waals surface area contributed by atoms with Crippen molar-refractivity contribution in [2.75, 3.05) is 19.8 Å². The van der Waals surface area contributed by atoms with Gasteiger partial charge < -0.3 is 22.6 Å². The van der Waals surface area contributed by atoms with Gasteiger partial charge in [-0.1, -0.05) is 0 Å². The highest BCUT2D eigenvalue weighted by Crippen LogP contribution is 2.12. The molecule has 16 heavy (non-hydrogen) atoms. The Hall–Kier alpha value is -0.538. The van der Waals surface area contributed by atoms with Crippen LogP contribution in [-0.4, -0.2) is 47.2 Å². The maximum Gasteiger partial charge on any atom is 0.667 e. The molecule has 0 aromatic rings. The van der Waals surface area contributed by atoms with Gasteiger partial charge in [0.15, 0.2) is 0 Å². The molecule has 1 N–H and O–H groups in total. The van der Waals surface area contributed by atoms with Crippen LogP contribution < -0.4 is 0 Å². The van der Waals surface area contributed by atoms with Gasteiger partial charge in [-0.2, -0.15) is 4.90 Å². The molecule has 92 valence electrons. The first-order valence-corrected chi connectivity index (χ1v) is 6.62. The summed E-state index contributed by atoms with van der Waals surface area (Å²) in [5.74, 6) is 0. The zero-order valence-electron chi connectivity index (χ0n) is 9.63. The highest BCUT2D eigenvalue weighted by Gasteiger charge is 2.48. The molecule has 7 nitrogen and oxygen atoms in total. The molecule has 0 rings (SSSR count). The van der Waals surface area contributed by atoms with E-state index in [-0.39, 0.29) is 0 Å². The molecule has 0 bridgehead atoms. The lowest BCUT2D eigenvalue weighted by Crippen LogP contribution is -2.52. The third-order valence-corrected chi connectivity index (χ3v) is 3.80. The molecule has 0 atom stereocenters. The molecule has 0 aliphatic rings. The van der Waals surface area contributed by atoms with Gasteiger partial charge in [0.25, 0.3) is 0 Å². The van der Waals surface area contributed by atoms with Gasteiger partial charge in [-0.15, -0.1) is 0 Å². The van der Waals surface area contributed by atoms with E-state index in [2.05, 4.69) is 4.90 Å². The number of rotatable bonds is 9. The Morgan fingerprint density at radius 2 is 1.62 bits per heavy atom. The smallest absolute Gasteiger partial charge is 0.407 e. The van der Waals surface area contributed by atoms with E-state index in [1.54, 1.807) is 20.8 Å². The predicted octanol–water partition coefficient (Wildman–Crippen LogP) is -0.139. The van der Waals surface area contributed by atoms with Crippen molar-refractivity contribution in [2.45, 2.75) is 20.8 Å². The lowest BCUT2D eigenvalue weighted by Gasteiger charge is -2.26. The minimum absolute atomic E-state index is 0.295. The summed E-state index contributed by atoms with van der Waals surface area (Å²) in [6.07, 6.45) is 1.17. The maximum absolute atomic E-state index is 9.94. The van der Waals surface area contributed by atoms with Crippen LogP contribution in [0.5, 0.6) is 0 Å². The molecule has 0 amide bonds. The van der Waals surface area contributed by atoms with Crippen molar-refractivity contribution >= 4 is 22.4 Å². The number of hydrogen-bond donors (Lipinski definition) is 1. The van der Waals surface area contributed by atoms with E-state index in [9.17, 15) is 9.82 Å². The molecular weight excluding hydrogens is 233 g/mol. The van der Waals surface area contributed by atoms with Gasteiger partial charge in [-0.3, -0.25) is 0 Å². The molecule has 0 unspecified atom stereocenters. The quantitative estimate of drug-likeness (QED) is 0.347. The van der Waals surface area contributed by atoms with E-state index >= 15 is 0 Å². The summed E-state index contributed by atoms with van der Waals surface area (Å²) in [7, 11) is -5.10. The molecule has 0 aliphatic carbocycles. The van der Waals surface area contributed by atoms with Crippen molar-refractivity contribution in [3.05, 3.63) is 0 Å². The first-order chi connectivity index (χ1) is 7.64. The van der Waals surface area contributed by atoms with Crippen molar-refractivity contribution in [2.24, 2.45) is 4.90 Å². The van der Waals surface area contributed by atoms with Crippen LogP contribution in [0.15, 0.2) is 4.90 Å². The maximum atomic E-state index is 9.94. The number of carbonyl (C=O) groups excluding carboxylic acids is 1. The first-order valence-electron chi connectivity index (χ1n) is 4.98. The third-order valence-electron chi connectivity index (χ3n) is 1.38. The Balaban J connectivity index is 4.63. The highest BCUT2D eigenvalue weighted by atomic mass is 28.4. The van der Waals surface area contributed by atoms with Gasteiger partial charge in [0.1, 0.15) is 0 Å². The van der Waals surface area contributed by atoms with E-state index in [4.69, 9.17) is 17.6 Å². The second kappa shape index (κ2) is 8.60. The fourth-order valence-corrected chi connectivity index (χ4v) is 2.78. The standard InChI is InChI=1S/C7H16BNO6Si/c1-4-12-16(13-5-2,14-6-3)15-8(11)9-7-10/h11H,4-6H2,1-3H3. The Morgan fingerprint density at radius 3 is 1.94 bits per heavy atom. The van der Waals surface area contributed by atoms with Gasteiger partial charge >= 0.3 is 16.3 Å². The molecule has 0 heterocycles. The third kappa shape index (κ3) is 5.52. The fraction of sp³-hybridized carbons (Fsp3) is 0.857. The van der Waals surface area contributed by atoms with Gasteiger partial charge in [0.2, 0.25) is 6.08 Å².